The number of sulfonamides is 1. The van der Waals surface area contributed by atoms with Crippen LogP contribution >= 0.6 is 0 Å². The molecule has 0 spiro atoms. The van der Waals surface area contributed by atoms with Crippen molar-refractivity contribution < 1.29 is 17.9 Å². The van der Waals surface area contributed by atoms with Crippen molar-refractivity contribution in [3.8, 4) is 5.75 Å². The molecule has 4 nitrogen and oxygen atoms in total. The number of halogens is 1. The van der Waals surface area contributed by atoms with E-state index in [4.69, 9.17) is 5.11 Å². The molecule has 6 heteroatoms. The number of phenols is 1. The Bertz CT molecular complexity index is 681. The molecule has 1 unspecified atom stereocenters. The Kier molecular flexibility index (Phi) is 4.06. The molecule has 0 aliphatic rings. The lowest BCUT2D eigenvalue weighted by atomic mass is 10.1. The zero-order chi connectivity index (χ0) is 14.8. The fraction of sp³-hybridized carbons (Fsp3) is 0.143. The Labute approximate surface area is 116 Å². The van der Waals surface area contributed by atoms with Crippen molar-refractivity contribution in [1.82, 2.24) is 4.72 Å². The zero-order valence-corrected chi connectivity index (χ0v) is 11.6. The molecule has 0 saturated carbocycles. The highest BCUT2D eigenvalue weighted by Gasteiger charge is 2.18. The van der Waals surface area contributed by atoms with Gasteiger partial charge >= 0.3 is 0 Å². The van der Waals surface area contributed by atoms with Crippen LogP contribution in [-0.2, 0) is 10.0 Å². The number of rotatable bonds is 4. The number of phenolic OH excluding ortho intramolecular Hbond substituents is 1. The maximum absolute atomic E-state index is 12.8. The minimum Gasteiger partial charge on any atom is -0.508 e. The standard InChI is InChI=1S/C14H14FNO3S/c1-10(11-2-4-12(15)5-3-11)16-20(18,19)14-8-6-13(17)7-9-14/h2-10,16-17H,1H3. The van der Waals surface area contributed by atoms with E-state index in [1.807, 2.05) is 0 Å². The molecule has 0 fully saturated rings. The van der Waals surface area contributed by atoms with Gasteiger partial charge in [-0.2, -0.15) is 0 Å². The Hall–Kier alpha value is -1.92. The second-order valence-corrected chi connectivity index (χ2v) is 6.10. The zero-order valence-electron chi connectivity index (χ0n) is 10.7. The predicted octanol–water partition coefficient (Wildman–Crippen LogP) is 2.57. The van der Waals surface area contributed by atoms with Crippen molar-refractivity contribution in [3.63, 3.8) is 0 Å². The second-order valence-electron chi connectivity index (χ2n) is 4.39. The van der Waals surface area contributed by atoms with E-state index in [1.165, 1.54) is 48.5 Å². The molecule has 2 N–H and O–H groups in total. The molecule has 2 rings (SSSR count). The number of nitrogens with one attached hydrogen (secondary N) is 1. The molecule has 0 aromatic heterocycles. The van der Waals surface area contributed by atoms with Gasteiger partial charge in [0.1, 0.15) is 11.6 Å². The van der Waals surface area contributed by atoms with E-state index in [0.717, 1.165) is 0 Å². The van der Waals surface area contributed by atoms with E-state index in [-0.39, 0.29) is 16.5 Å². The van der Waals surface area contributed by atoms with Gasteiger partial charge in [-0.05, 0) is 48.9 Å². The first-order chi connectivity index (χ1) is 9.38. The van der Waals surface area contributed by atoms with Gasteiger partial charge in [0.25, 0.3) is 0 Å². The Morgan fingerprint density at radius 2 is 1.60 bits per heavy atom. The van der Waals surface area contributed by atoms with Crippen molar-refractivity contribution in [2.45, 2.75) is 17.9 Å². The van der Waals surface area contributed by atoms with E-state index < -0.39 is 16.1 Å². The highest BCUT2D eigenvalue weighted by molar-refractivity contribution is 7.89. The quantitative estimate of drug-likeness (QED) is 0.911. The summed E-state index contributed by atoms with van der Waals surface area (Å²) in [5.41, 5.74) is 0.661. The van der Waals surface area contributed by atoms with E-state index in [9.17, 15) is 12.8 Å². The van der Waals surface area contributed by atoms with E-state index >= 15 is 0 Å². The van der Waals surface area contributed by atoms with Crippen molar-refractivity contribution in [2.24, 2.45) is 0 Å². The predicted molar refractivity (Wildman–Crippen MR) is 73.2 cm³/mol. The monoisotopic (exact) mass is 295 g/mol. The fourth-order valence-corrected chi connectivity index (χ4v) is 2.98. The Balaban J connectivity index is 2.19. The fourth-order valence-electron chi connectivity index (χ4n) is 1.75. The molecule has 0 aliphatic carbocycles. The Morgan fingerprint density at radius 3 is 2.15 bits per heavy atom. The highest BCUT2D eigenvalue weighted by Crippen LogP contribution is 2.19. The van der Waals surface area contributed by atoms with Crippen LogP contribution in [0, 0.1) is 5.82 Å². The number of hydrogen-bond acceptors (Lipinski definition) is 3. The van der Waals surface area contributed by atoms with Gasteiger partial charge in [0.2, 0.25) is 10.0 Å². The molecule has 1 atom stereocenters. The maximum Gasteiger partial charge on any atom is 0.241 e. The number of hydrogen-bond donors (Lipinski definition) is 2. The molecule has 20 heavy (non-hydrogen) atoms. The van der Waals surface area contributed by atoms with Crippen LogP contribution < -0.4 is 4.72 Å². The minimum absolute atomic E-state index is 0.00414. The van der Waals surface area contributed by atoms with E-state index in [0.29, 0.717) is 5.56 Å². The van der Waals surface area contributed by atoms with Crippen LogP contribution in [0.25, 0.3) is 0 Å². The third kappa shape index (κ3) is 3.34. The van der Waals surface area contributed by atoms with Crippen LogP contribution in [0.5, 0.6) is 5.75 Å². The van der Waals surface area contributed by atoms with E-state index in [2.05, 4.69) is 4.72 Å². The molecule has 0 aliphatic heterocycles. The lowest BCUT2D eigenvalue weighted by Gasteiger charge is -2.14. The van der Waals surface area contributed by atoms with Crippen molar-refractivity contribution in [3.05, 3.63) is 59.9 Å². The third-order valence-electron chi connectivity index (χ3n) is 2.85. The summed E-state index contributed by atoms with van der Waals surface area (Å²) in [6.45, 7) is 1.67. The lowest BCUT2D eigenvalue weighted by Crippen LogP contribution is -2.26. The molecule has 2 aromatic rings. The molecule has 0 amide bonds. The SMILES string of the molecule is CC(NS(=O)(=O)c1ccc(O)cc1)c1ccc(F)cc1. The molecule has 2 aromatic carbocycles. The van der Waals surface area contributed by atoms with Crippen molar-refractivity contribution in [1.29, 1.82) is 0 Å². The molecule has 0 saturated heterocycles. The molecule has 0 heterocycles. The third-order valence-corrected chi connectivity index (χ3v) is 4.41. The summed E-state index contributed by atoms with van der Waals surface area (Å²) < 4.78 is 39.6. The highest BCUT2D eigenvalue weighted by atomic mass is 32.2. The van der Waals surface area contributed by atoms with Gasteiger partial charge in [-0.25, -0.2) is 17.5 Å². The van der Waals surface area contributed by atoms with Crippen LogP contribution in [0.3, 0.4) is 0 Å². The summed E-state index contributed by atoms with van der Waals surface area (Å²) in [6, 6.07) is 10.4. The number of aromatic hydroxyl groups is 1. The summed E-state index contributed by atoms with van der Waals surface area (Å²) in [7, 11) is -3.69. The van der Waals surface area contributed by atoms with Crippen LogP contribution in [0.4, 0.5) is 4.39 Å². The first-order valence-corrected chi connectivity index (χ1v) is 7.43. The topological polar surface area (TPSA) is 66.4 Å². The van der Waals surface area contributed by atoms with Gasteiger partial charge in [0, 0.05) is 6.04 Å². The molecular formula is C14H14FNO3S. The summed E-state index contributed by atoms with van der Waals surface area (Å²) in [6.07, 6.45) is 0. The largest absolute Gasteiger partial charge is 0.508 e. The van der Waals surface area contributed by atoms with Crippen LogP contribution in [0.2, 0.25) is 0 Å². The minimum atomic E-state index is -3.69. The summed E-state index contributed by atoms with van der Waals surface area (Å²) in [5, 5.41) is 9.16. The van der Waals surface area contributed by atoms with Crippen LogP contribution in [0.15, 0.2) is 53.4 Å². The van der Waals surface area contributed by atoms with Gasteiger partial charge in [-0.1, -0.05) is 12.1 Å². The normalized spacial score (nSPS) is 13.1. The average molecular weight is 295 g/mol. The van der Waals surface area contributed by atoms with Crippen LogP contribution in [0.1, 0.15) is 18.5 Å². The van der Waals surface area contributed by atoms with Gasteiger partial charge in [-0.15, -0.1) is 0 Å². The van der Waals surface area contributed by atoms with E-state index in [1.54, 1.807) is 6.92 Å². The molecule has 0 radical (unpaired) electrons. The maximum atomic E-state index is 12.8. The van der Waals surface area contributed by atoms with Crippen molar-refractivity contribution in [2.75, 3.05) is 0 Å². The molecular weight excluding hydrogens is 281 g/mol. The first kappa shape index (κ1) is 14.5. The Morgan fingerprint density at radius 1 is 1.05 bits per heavy atom. The smallest absolute Gasteiger partial charge is 0.241 e. The van der Waals surface area contributed by atoms with Gasteiger partial charge in [0.15, 0.2) is 0 Å². The van der Waals surface area contributed by atoms with Crippen LogP contribution in [-0.4, -0.2) is 13.5 Å². The summed E-state index contributed by atoms with van der Waals surface area (Å²) in [5.74, 6) is -0.377. The first-order valence-electron chi connectivity index (χ1n) is 5.95. The second kappa shape index (κ2) is 5.60. The average Bonchev–Trinajstić information content (AvgIpc) is 2.39. The van der Waals surface area contributed by atoms with Gasteiger partial charge < -0.3 is 5.11 Å². The van der Waals surface area contributed by atoms with Gasteiger partial charge in [-0.3, -0.25) is 0 Å². The van der Waals surface area contributed by atoms with Crippen molar-refractivity contribution >= 4 is 10.0 Å². The lowest BCUT2D eigenvalue weighted by molar-refractivity contribution is 0.474. The summed E-state index contributed by atoms with van der Waals surface area (Å²) in [4.78, 5) is 0.0595. The summed E-state index contributed by atoms with van der Waals surface area (Å²) >= 11 is 0. The van der Waals surface area contributed by atoms with Gasteiger partial charge in [0.05, 0.1) is 4.90 Å². The number of benzene rings is 2. The molecule has 0 bridgehead atoms. The molecule has 106 valence electrons.